The molecule has 1 nitrogen and oxygen atoms in total. The predicted octanol–water partition coefficient (Wildman–Crippen LogP) is 2.81. The summed E-state index contributed by atoms with van der Waals surface area (Å²) in [5.74, 6) is 0. The first-order valence-corrected chi connectivity index (χ1v) is 4.32. The van der Waals surface area contributed by atoms with Crippen LogP contribution in [0.3, 0.4) is 0 Å². The first-order valence-electron chi connectivity index (χ1n) is 4.32. The Bertz CT molecular complexity index is 181. The van der Waals surface area contributed by atoms with E-state index in [1.165, 1.54) is 31.2 Å². The molecule has 0 N–H and O–H groups in total. The summed E-state index contributed by atoms with van der Waals surface area (Å²) < 4.78 is 0. The Morgan fingerprint density at radius 1 is 1.18 bits per heavy atom. The maximum absolute atomic E-state index is 3.97. The fourth-order valence-electron chi connectivity index (χ4n) is 1.13. The number of pyridine rings is 1. The van der Waals surface area contributed by atoms with Crippen molar-refractivity contribution in [3.05, 3.63) is 30.1 Å². The Morgan fingerprint density at radius 2 is 1.91 bits per heavy atom. The van der Waals surface area contributed by atoms with Crippen LogP contribution in [0.2, 0.25) is 0 Å². The van der Waals surface area contributed by atoms with Gasteiger partial charge in [-0.3, -0.25) is 4.98 Å². The normalized spacial score (nSPS) is 9.91. The molecule has 0 amide bonds. The summed E-state index contributed by atoms with van der Waals surface area (Å²) in [5, 5.41) is 0. The van der Waals surface area contributed by atoms with Crippen LogP contribution in [-0.4, -0.2) is 4.98 Å². The van der Waals surface area contributed by atoms with Gasteiger partial charge in [-0.1, -0.05) is 19.8 Å². The highest BCUT2D eigenvalue weighted by molar-refractivity contribution is 5.09. The van der Waals surface area contributed by atoms with Crippen LogP contribution in [0.5, 0.6) is 0 Å². The van der Waals surface area contributed by atoms with Crippen LogP contribution >= 0.6 is 0 Å². The summed E-state index contributed by atoms with van der Waals surface area (Å²) >= 11 is 0. The molecule has 0 radical (unpaired) electrons. The fourth-order valence-corrected chi connectivity index (χ4v) is 1.13. The highest BCUT2D eigenvalue weighted by atomic mass is 14.6. The van der Waals surface area contributed by atoms with Gasteiger partial charge in [0.15, 0.2) is 0 Å². The molecule has 0 saturated heterocycles. The maximum Gasteiger partial charge on any atom is 0.0270 e. The summed E-state index contributed by atoms with van der Waals surface area (Å²) in [6.45, 7) is 2.23. The topological polar surface area (TPSA) is 12.9 Å². The van der Waals surface area contributed by atoms with Crippen LogP contribution in [0.15, 0.2) is 24.5 Å². The quantitative estimate of drug-likeness (QED) is 0.600. The minimum absolute atomic E-state index is 1.20. The summed E-state index contributed by atoms with van der Waals surface area (Å²) in [4.78, 5) is 3.97. The Labute approximate surface area is 68.5 Å². The predicted molar refractivity (Wildman–Crippen MR) is 47.5 cm³/mol. The second-order valence-electron chi connectivity index (χ2n) is 2.81. The Balaban J connectivity index is 2.28. The van der Waals surface area contributed by atoms with Gasteiger partial charge in [-0.25, -0.2) is 0 Å². The molecular weight excluding hydrogens is 134 g/mol. The van der Waals surface area contributed by atoms with Gasteiger partial charge in [0.25, 0.3) is 0 Å². The molecule has 1 heteroatoms. The van der Waals surface area contributed by atoms with Crippen molar-refractivity contribution in [3.63, 3.8) is 0 Å². The average molecular weight is 149 g/mol. The Kier molecular flexibility index (Phi) is 3.67. The number of hydrogen-bond donors (Lipinski definition) is 0. The molecule has 60 valence electrons. The van der Waals surface area contributed by atoms with Crippen LogP contribution < -0.4 is 0 Å². The van der Waals surface area contributed by atoms with Crippen LogP contribution in [-0.2, 0) is 6.42 Å². The fraction of sp³-hybridized carbons (Fsp3) is 0.500. The summed E-state index contributed by atoms with van der Waals surface area (Å²) in [7, 11) is 0. The third kappa shape index (κ3) is 3.17. The van der Waals surface area contributed by atoms with Gasteiger partial charge in [-0.05, 0) is 30.5 Å². The van der Waals surface area contributed by atoms with E-state index in [0.717, 1.165) is 0 Å². The Hall–Kier alpha value is -0.850. The molecule has 0 aliphatic carbocycles. The number of unbranched alkanes of at least 4 members (excludes halogenated alkanes) is 2. The summed E-state index contributed by atoms with van der Waals surface area (Å²) in [6.07, 6.45) is 8.87. The van der Waals surface area contributed by atoms with E-state index in [2.05, 4.69) is 24.0 Å². The van der Waals surface area contributed by atoms with Crippen molar-refractivity contribution < 1.29 is 0 Å². The van der Waals surface area contributed by atoms with Crippen LogP contribution in [0, 0.1) is 0 Å². The molecule has 0 unspecified atom stereocenters. The van der Waals surface area contributed by atoms with Gasteiger partial charge in [0.2, 0.25) is 0 Å². The van der Waals surface area contributed by atoms with E-state index in [0.29, 0.717) is 0 Å². The molecule has 0 spiro atoms. The van der Waals surface area contributed by atoms with E-state index in [9.17, 15) is 0 Å². The molecule has 0 atom stereocenters. The van der Waals surface area contributed by atoms with Crippen LogP contribution in [0.4, 0.5) is 0 Å². The number of aromatic nitrogens is 1. The van der Waals surface area contributed by atoms with Gasteiger partial charge >= 0.3 is 0 Å². The Morgan fingerprint density at radius 3 is 2.55 bits per heavy atom. The average Bonchev–Trinajstić information content (AvgIpc) is 2.07. The smallest absolute Gasteiger partial charge is 0.0270 e. The van der Waals surface area contributed by atoms with Crippen LogP contribution in [0.1, 0.15) is 31.7 Å². The maximum atomic E-state index is 3.97. The van der Waals surface area contributed by atoms with Crippen molar-refractivity contribution in [2.75, 3.05) is 0 Å². The second-order valence-corrected chi connectivity index (χ2v) is 2.81. The van der Waals surface area contributed by atoms with Gasteiger partial charge in [0.05, 0.1) is 0 Å². The number of rotatable bonds is 4. The van der Waals surface area contributed by atoms with E-state index in [4.69, 9.17) is 0 Å². The molecule has 1 rings (SSSR count). The molecular formula is C10H15N. The van der Waals surface area contributed by atoms with Crippen molar-refractivity contribution in [3.8, 4) is 0 Å². The highest BCUT2D eigenvalue weighted by Gasteiger charge is 1.89. The van der Waals surface area contributed by atoms with Gasteiger partial charge in [0, 0.05) is 12.4 Å². The van der Waals surface area contributed by atoms with Gasteiger partial charge < -0.3 is 0 Å². The molecule has 1 aromatic rings. The first kappa shape index (κ1) is 8.25. The van der Waals surface area contributed by atoms with Crippen molar-refractivity contribution in [1.29, 1.82) is 0 Å². The molecule has 0 bridgehead atoms. The minimum Gasteiger partial charge on any atom is -0.265 e. The van der Waals surface area contributed by atoms with Gasteiger partial charge in [0.1, 0.15) is 0 Å². The lowest BCUT2D eigenvalue weighted by molar-refractivity contribution is 0.717. The van der Waals surface area contributed by atoms with E-state index in [1.807, 2.05) is 12.4 Å². The molecule has 1 heterocycles. The van der Waals surface area contributed by atoms with E-state index in [1.54, 1.807) is 0 Å². The number of nitrogens with zero attached hydrogens (tertiary/aromatic N) is 1. The van der Waals surface area contributed by atoms with Crippen molar-refractivity contribution >= 4 is 0 Å². The largest absolute Gasteiger partial charge is 0.265 e. The van der Waals surface area contributed by atoms with E-state index in [-0.39, 0.29) is 0 Å². The highest BCUT2D eigenvalue weighted by Crippen LogP contribution is 2.04. The molecule has 0 fully saturated rings. The van der Waals surface area contributed by atoms with Crippen molar-refractivity contribution in [1.82, 2.24) is 4.98 Å². The third-order valence-electron chi connectivity index (χ3n) is 1.82. The molecule has 0 aliphatic rings. The van der Waals surface area contributed by atoms with E-state index < -0.39 is 0 Å². The molecule has 0 aromatic carbocycles. The first-order chi connectivity index (χ1) is 5.43. The summed E-state index contributed by atoms with van der Waals surface area (Å²) in [5.41, 5.74) is 1.41. The van der Waals surface area contributed by atoms with Gasteiger partial charge in [-0.2, -0.15) is 0 Å². The zero-order valence-electron chi connectivity index (χ0n) is 7.09. The lowest BCUT2D eigenvalue weighted by atomic mass is 10.1. The molecule has 0 aliphatic heterocycles. The number of hydrogen-bond acceptors (Lipinski definition) is 1. The van der Waals surface area contributed by atoms with Crippen molar-refractivity contribution in [2.45, 2.75) is 32.6 Å². The molecule has 11 heavy (non-hydrogen) atoms. The lowest BCUT2D eigenvalue weighted by Crippen LogP contribution is -1.84. The lowest BCUT2D eigenvalue weighted by Gasteiger charge is -1.97. The SMILES string of the molecule is CCCCCc1ccncc1. The molecule has 1 aromatic heterocycles. The third-order valence-corrected chi connectivity index (χ3v) is 1.82. The van der Waals surface area contributed by atoms with E-state index >= 15 is 0 Å². The minimum atomic E-state index is 1.20. The standard InChI is InChI=1S/C10H15N/c1-2-3-4-5-10-6-8-11-9-7-10/h6-9H,2-5H2,1H3. The monoisotopic (exact) mass is 149 g/mol. The van der Waals surface area contributed by atoms with Gasteiger partial charge in [-0.15, -0.1) is 0 Å². The number of aryl methyl sites for hydroxylation is 1. The second kappa shape index (κ2) is 4.89. The zero-order chi connectivity index (χ0) is 7.94. The zero-order valence-corrected chi connectivity index (χ0v) is 7.09. The molecule has 0 saturated carbocycles. The van der Waals surface area contributed by atoms with Crippen molar-refractivity contribution in [2.24, 2.45) is 0 Å². The summed E-state index contributed by atoms with van der Waals surface area (Å²) in [6, 6.07) is 4.19. The van der Waals surface area contributed by atoms with Crippen LogP contribution in [0.25, 0.3) is 0 Å².